The Morgan fingerprint density at radius 3 is 2.76 bits per heavy atom. The van der Waals surface area contributed by atoms with Crippen LogP contribution >= 0.6 is 15.9 Å². The second kappa shape index (κ2) is 5.68. The Morgan fingerprint density at radius 1 is 1.71 bits per heavy atom. The molecule has 1 heterocycles. The molecule has 17 heavy (non-hydrogen) atoms. The van der Waals surface area contributed by atoms with Gasteiger partial charge in [0, 0.05) is 10.9 Å². The lowest BCUT2D eigenvalue weighted by atomic mass is 10.1. The van der Waals surface area contributed by atoms with E-state index in [4.69, 9.17) is 5.26 Å². The van der Waals surface area contributed by atoms with Gasteiger partial charge in [-0.1, -0.05) is 15.9 Å². The number of nitriles is 1. The molecular weight excluding hydrogens is 298 g/mol. The zero-order valence-corrected chi connectivity index (χ0v) is 10.3. The minimum Gasteiger partial charge on any atom is -0.464 e. The van der Waals surface area contributed by atoms with Gasteiger partial charge in [-0.2, -0.15) is 5.26 Å². The van der Waals surface area contributed by atoms with Gasteiger partial charge in [-0.3, -0.25) is 0 Å². The maximum atomic E-state index is 12.7. The Bertz CT molecular complexity index is 486. The van der Waals surface area contributed by atoms with Gasteiger partial charge in [0.2, 0.25) is 0 Å². The molecule has 0 unspecified atom stereocenters. The lowest BCUT2D eigenvalue weighted by Crippen LogP contribution is -2.11. The molecule has 0 fully saturated rings. The first kappa shape index (κ1) is 13.5. The number of esters is 1. The monoisotopic (exact) mass is 304 g/mol. The van der Waals surface area contributed by atoms with Gasteiger partial charge in [-0.05, 0) is 6.07 Å². The van der Waals surface area contributed by atoms with Gasteiger partial charge in [0.25, 0.3) is 6.43 Å². The van der Waals surface area contributed by atoms with Crippen molar-refractivity contribution in [2.45, 2.75) is 11.8 Å². The lowest BCUT2D eigenvalue weighted by molar-refractivity contribution is 0.0592. The summed E-state index contributed by atoms with van der Waals surface area (Å²) >= 11 is 3.00. The molecule has 0 aliphatic carbocycles. The molecule has 0 saturated heterocycles. The van der Waals surface area contributed by atoms with Crippen molar-refractivity contribution in [3.05, 3.63) is 28.6 Å². The van der Waals surface area contributed by atoms with E-state index < -0.39 is 12.4 Å². The summed E-state index contributed by atoms with van der Waals surface area (Å²) in [5.41, 5.74) is -0.837. The van der Waals surface area contributed by atoms with Crippen molar-refractivity contribution in [2.75, 3.05) is 7.11 Å². The first-order valence-electron chi connectivity index (χ1n) is 4.41. The van der Waals surface area contributed by atoms with E-state index in [0.29, 0.717) is 0 Å². The van der Waals surface area contributed by atoms with Crippen molar-refractivity contribution in [3.63, 3.8) is 0 Å². The van der Waals surface area contributed by atoms with E-state index in [1.807, 2.05) is 0 Å². The van der Waals surface area contributed by atoms with Crippen LogP contribution in [0.1, 0.15) is 33.7 Å². The van der Waals surface area contributed by atoms with Crippen LogP contribution in [0.4, 0.5) is 8.78 Å². The Kier molecular flexibility index (Phi) is 4.52. The van der Waals surface area contributed by atoms with Gasteiger partial charge in [-0.25, -0.2) is 18.6 Å². The SMILES string of the molecule is COC(=O)c1nc(CBr)c(C(F)F)cc1C#N. The molecule has 1 aromatic rings. The van der Waals surface area contributed by atoms with Gasteiger partial charge >= 0.3 is 5.97 Å². The Balaban J connectivity index is 3.44. The molecule has 0 aromatic carbocycles. The average Bonchev–Trinajstić information content (AvgIpc) is 2.35. The number of methoxy groups -OCH3 is 1. The standard InChI is InChI=1S/C10H7BrF2N2O2/c1-17-10(16)8-5(4-14)2-6(9(12)13)7(3-11)15-8/h2,9H,3H2,1H3. The van der Waals surface area contributed by atoms with Crippen molar-refractivity contribution in [3.8, 4) is 6.07 Å². The number of pyridine rings is 1. The van der Waals surface area contributed by atoms with E-state index in [2.05, 4.69) is 25.7 Å². The van der Waals surface area contributed by atoms with Crippen LogP contribution < -0.4 is 0 Å². The van der Waals surface area contributed by atoms with E-state index in [1.54, 1.807) is 6.07 Å². The number of ether oxygens (including phenoxy) is 1. The molecular formula is C10H7BrF2N2O2. The number of hydrogen-bond donors (Lipinski definition) is 0. The minimum absolute atomic E-state index is 0.0133. The number of aromatic nitrogens is 1. The third-order valence-electron chi connectivity index (χ3n) is 2.00. The maximum Gasteiger partial charge on any atom is 0.358 e. The van der Waals surface area contributed by atoms with Crippen LogP contribution in [0.25, 0.3) is 0 Å². The number of carbonyl (C=O) groups is 1. The fourth-order valence-corrected chi connectivity index (χ4v) is 1.65. The molecule has 0 aliphatic rings. The van der Waals surface area contributed by atoms with Gasteiger partial charge < -0.3 is 4.74 Å². The highest BCUT2D eigenvalue weighted by atomic mass is 79.9. The van der Waals surface area contributed by atoms with Crippen LogP contribution in [-0.4, -0.2) is 18.1 Å². The van der Waals surface area contributed by atoms with Crippen LogP contribution in [0.5, 0.6) is 0 Å². The van der Waals surface area contributed by atoms with Crippen molar-refractivity contribution in [1.29, 1.82) is 5.26 Å². The summed E-state index contributed by atoms with van der Waals surface area (Å²) in [5.74, 6) is -0.829. The van der Waals surface area contributed by atoms with Crippen LogP contribution in [-0.2, 0) is 10.1 Å². The molecule has 0 spiro atoms. The third kappa shape index (κ3) is 2.77. The van der Waals surface area contributed by atoms with E-state index in [9.17, 15) is 13.6 Å². The smallest absolute Gasteiger partial charge is 0.358 e. The molecule has 4 nitrogen and oxygen atoms in total. The Labute approximate surface area is 104 Å². The molecule has 7 heteroatoms. The lowest BCUT2D eigenvalue weighted by Gasteiger charge is -2.09. The molecule has 0 aliphatic heterocycles. The zero-order chi connectivity index (χ0) is 13.0. The highest BCUT2D eigenvalue weighted by Gasteiger charge is 2.21. The zero-order valence-electron chi connectivity index (χ0n) is 8.71. The number of halogens is 3. The number of carbonyl (C=O) groups excluding carboxylic acids is 1. The summed E-state index contributed by atoms with van der Waals surface area (Å²) in [6.45, 7) is 0. The van der Waals surface area contributed by atoms with Gasteiger partial charge in [0.15, 0.2) is 5.69 Å². The number of rotatable bonds is 3. The Morgan fingerprint density at radius 2 is 2.35 bits per heavy atom. The van der Waals surface area contributed by atoms with Crippen LogP contribution in [0.2, 0.25) is 0 Å². The summed E-state index contributed by atoms with van der Waals surface area (Å²) in [6.07, 6.45) is -2.76. The van der Waals surface area contributed by atoms with Gasteiger partial charge in [0.05, 0.1) is 18.4 Å². The van der Waals surface area contributed by atoms with Gasteiger partial charge in [-0.15, -0.1) is 0 Å². The van der Waals surface area contributed by atoms with Crippen LogP contribution in [0.15, 0.2) is 6.07 Å². The summed E-state index contributed by atoms with van der Waals surface area (Å²) < 4.78 is 29.7. The molecule has 0 N–H and O–H groups in total. The minimum atomic E-state index is -2.76. The molecule has 0 radical (unpaired) electrons. The van der Waals surface area contributed by atoms with Crippen molar-refractivity contribution in [2.24, 2.45) is 0 Å². The normalized spacial score (nSPS) is 10.1. The fraction of sp³-hybridized carbons (Fsp3) is 0.300. The first-order chi connectivity index (χ1) is 8.04. The molecule has 1 rings (SSSR count). The molecule has 0 atom stereocenters. The highest BCUT2D eigenvalue weighted by Crippen LogP contribution is 2.25. The van der Waals surface area contributed by atoms with E-state index in [1.165, 1.54) is 0 Å². The Hall–Kier alpha value is -1.55. The molecule has 1 aromatic heterocycles. The van der Waals surface area contributed by atoms with Crippen molar-refractivity contribution < 1.29 is 18.3 Å². The first-order valence-corrected chi connectivity index (χ1v) is 5.53. The molecule has 0 amide bonds. The highest BCUT2D eigenvalue weighted by molar-refractivity contribution is 9.08. The largest absolute Gasteiger partial charge is 0.464 e. The summed E-state index contributed by atoms with van der Waals surface area (Å²) in [4.78, 5) is 15.0. The van der Waals surface area contributed by atoms with E-state index in [-0.39, 0.29) is 27.8 Å². The predicted molar refractivity (Wildman–Crippen MR) is 57.9 cm³/mol. The number of hydrogen-bond acceptors (Lipinski definition) is 4. The molecule has 90 valence electrons. The van der Waals surface area contributed by atoms with Gasteiger partial charge in [0.1, 0.15) is 6.07 Å². The van der Waals surface area contributed by atoms with Crippen molar-refractivity contribution >= 4 is 21.9 Å². The maximum absolute atomic E-state index is 12.7. The summed E-state index contributed by atoms with van der Waals surface area (Å²) in [6, 6.07) is 2.60. The van der Waals surface area contributed by atoms with Crippen LogP contribution in [0.3, 0.4) is 0 Å². The van der Waals surface area contributed by atoms with Crippen molar-refractivity contribution in [1.82, 2.24) is 4.98 Å². The third-order valence-corrected chi connectivity index (χ3v) is 2.53. The number of nitrogens with zero attached hydrogens (tertiary/aromatic N) is 2. The quantitative estimate of drug-likeness (QED) is 0.636. The molecule has 0 bridgehead atoms. The summed E-state index contributed by atoms with van der Waals surface area (Å²) in [7, 11) is 1.12. The topological polar surface area (TPSA) is 63.0 Å². The summed E-state index contributed by atoms with van der Waals surface area (Å²) in [5, 5.41) is 8.84. The second-order valence-corrected chi connectivity index (χ2v) is 3.52. The van der Waals surface area contributed by atoms with Crippen LogP contribution in [0, 0.1) is 11.3 Å². The molecule has 0 saturated carbocycles. The second-order valence-electron chi connectivity index (χ2n) is 2.96. The number of alkyl halides is 3. The predicted octanol–water partition coefficient (Wildman–Crippen LogP) is 2.57. The fourth-order valence-electron chi connectivity index (χ4n) is 1.20. The van der Waals surface area contributed by atoms with E-state index in [0.717, 1.165) is 13.2 Å². The van der Waals surface area contributed by atoms with E-state index >= 15 is 0 Å². The average molecular weight is 305 g/mol.